The van der Waals surface area contributed by atoms with E-state index in [0.717, 1.165) is 81.3 Å². The molecule has 0 bridgehead atoms. The third kappa shape index (κ3) is 19.5. The Hall–Kier alpha value is -8.81. The highest BCUT2D eigenvalue weighted by Gasteiger charge is 2.66. The predicted octanol–water partition coefficient (Wildman–Crippen LogP) is 13.7. The van der Waals surface area contributed by atoms with Crippen LogP contribution in [-0.2, 0) is 57.4 Å². The first kappa shape index (κ1) is 84.5. The fourth-order valence-corrected chi connectivity index (χ4v) is 9.81. The van der Waals surface area contributed by atoms with E-state index in [9.17, 15) is 120 Å². The third-order valence-electron chi connectivity index (χ3n) is 14.4. The SMILES string of the molecule is C#Cc1c(C(F)(F)F)c(C(F)(F)C(F)(F)F)nn1C.Cn1nc(C(F)(F)C(F)(F)F)c(C(F)(F)F)c1-c1cn[nH]n1.Cn1nc(C(F)(F)C(F)(F)F)c(C(F)(F)F)c1-c1cnn(-c2ccc(Cl)c(C(=O)NC3CC3)c2)n1.O=C(NC1CC1)c1cc(B(O)O)ccc1Cl.O=C(NC1CC1)c1cc(Br)ccc1Cl. The highest BCUT2D eigenvalue weighted by molar-refractivity contribution is 9.10. The zero-order valence-electron chi connectivity index (χ0n) is 52.6. The fourth-order valence-electron chi connectivity index (χ4n) is 8.84. The molecular weight excluding hydrogens is 1630 g/mol. The van der Waals surface area contributed by atoms with E-state index in [1.165, 1.54) is 42.3 Å². The summed E-state index contributed by atoms with van der Waals surface area (Å²) in [6.45, 7) is 0. The van der Waals surface area contributed by atoms with E-state index < -0.39 is 130 Å². The van der Waals surface area contributed by atoms with Gasteiger partial charge >= 0.3 is 61.9 Å². The van der Waals surface area contributed by atoms with Crippen LogP contribution in [0.15, 0.2) is 71.5 Å². The number of H-pyrrole nitrogens is 1. The molecule has 5 heterocycles. The third-order valence-corrected chi connectivity index (χ3v) is 15.8. The maximum absolute atomic E-state index is 13.9. The zero-order chi connectivity index (χ0) is 79.9. The topological polar surface area (TPSA) is 253 Å². The number of halogens is 28. The number of terminal acetylenes is 1. The second-order valence-corrected chi connectivity index (χ2v) is 24.6. The van der Waals surface area contributed by atoms with Crippen molar-refractivity contribution in [1.82, 2.24) is 75.7 Å². The van der Waals surface area contributed by atoms with Crippen molar-refractivity contribution in [2.24, 2.45) is 21.1 Å². The average molecular weight is 1670 g/mol. The van der Waals surface area contributed by atoms with E-state index in [0.29, 0.717) is 21.7 Å². The summed E-state index contributed by atoms with van der Waals surface area (Å²) in [5.74, 6) is -16.9. The standard InChI is InChI=1S/C19H13ClF8N6O.C10H11BClNO3.C10H9BrClNO.C9H5F8N5.C9H4F8N2/c1-33-14(13(18(23,24)25)15(32-33)17(21,22)19(26,27)28)12-7-29-34(31-12)9-4-5-11(20)10(6-9)16(35)30-8-2-3-8;12-9-4-1-6(11(15)16)5-8(9)10(14)13-7-2-3-7;11-6-1-4-9(12)8(5-6)10(14)13-7-2-3-7;1-22-5(3-2-18-21-19-3)4(8(12,13)14)6(20-22)7(10,11)9(15,16)17;1-3-4-5(8(12,13)14)6(18-19(4)2)7(10,11)9(15,16)17/h4-8H,2-3H2,1H3,(H,30,35);1,4-5,7,15-16H,2-3H2,(H,13,14);1,4-5,7H,2-3H2,(H,13,14);2H,1H3,(H,18,19,21);1H,2H3. The minimum absolute atomic E-state index is 0.00584. The number of rotatable bonds is 13. The van der Waals surface area contributed by atoms with Gasteiger partial charge in [0, 0.05) is 43.7 Å². The van der Waals surface area contributed by atoms with Gasteiger partial charge in [-0.3, -0.25) is 28.4 Å². The molecule has 106 heavy (non-hydrogen) atoms. The molecule has 574 valence electrons. The molecule has 11 rings (SSSR count). The molecule has 0 aliphatic heterocycles. The quantitative estimate of drug-likeness (QED) is 0.0358. The molecule has 5 aromatic heterocycles. The van der Waals surface area contributed by atoms with Crippen molar-refractivity contribution in [2.45, 2.75) is 111 Å². The van der Waals surface area contributed by atoms with E-state index in [2.05, 4.69) is 74.0 Å². The summed E-state index contributed by atoms with van der Waals surface area (Å²) in [7, 11) is 0.697. The number of carbonyl (C=O) groups is 3. The van der Waals surface area contributed by atoms with Crippen LogP contribution in [0, 0.1) is 12.3 Å². The van der Waals surface area contributed by atoms with Crippen LogP contribution in [0.1, 0.15) is 109 Å². The maximum atomic E-state index is 13.9. The minimum atomic E-state index is -6.32. The number of hydrogen-bond donors (Lipinski definition) is 6. The van der Waals surface area contributed by atoms with Gasteiger partial charge in [-0.05, 0) is 98.4 Å². The lowest BCUT2D eigenvalue weighted by Crippen LogP contribution is -2.36. The van der Waals surface area contributed by atoms with Crippen LogP contribution in [-0.4, -0.2) is 131 Å². The van der Waals surface area contributed by atoms with Crippen molar-refractivity contribution < 1.29 is 130 Å². The van der Waals surface area contributed by atoms with Gasteiger partial charge in [0.2, 0.25) is 0 Å². The van der Waals surface area contributed by atoms with Crippen molar-refractivity contribution in [2.75, 3.05) is 0 Å². The Morgan fingerprint density at radius 3 is 1.25 bits per heavy atom. The molecule has 0 atom stereocenters. The molecule has 6 N–H and O–H groups in total. The lowest BCUT2D eigenvalue weighted by molar-refractivity contribution is -0.292. The lowest BCUT2D eigenvalue weighted by Gasteiger charge is -2.19. The van der Waals surface area contributed by atoms with E-state index in [1.807, 2.05) is 11.3 Å². The van der Waals surface area contributed by atoms with Crippen LogP contribution >= 0.6 is 50.7 Å². The monoisotopic (exact) mass is 1670 g/mol. The first-order chi connectivity index (χ1) is 48.6. The van der Waals surface area contributed by atoms with Gasteiger partial charge in [0.25, 0.3) is 17.7 Å². The van der Waals surface area contributed by atoms with Gasteiger partial charge in [0.15, 0.2) is 17.1 Å². The fraction of sp³-hybridized carbons (Fsp3) is 0.368. The van der Waals surface area contributed by atoms with Crippen LogP contribution in [0.5, 0.6) is 0 Å². The summed E-state index contributed by atoms with van der Waals surface area (Å²) in [4.78, 5) is 36.5. The van der Waals surface area contributed by atoms with Crippen molar-refractivity contribution in [1.29, 1.82) is 0 Å². The smallest absolute Gasteiger partial charge is 0.423 e. The van der Waals surface area contributed by atoms with E-state index in [4.69, 9.17) is 44.9 Å². The molecule has 3 aliphatic rings. The normalized spacial score (nSPS) is 14.4. The number of hydrogen-bond acceptors (Lipinski definition) is 12. The van der Waals surface area contributed by atoms with E-state index >= 15 is 0 Å². The summed E-state index contributed by atoms with van der Waals surface area (Å²) < 4.78 is 312. The molecule has 20 nitrogen and oxygen atoms in total. The Balaban J connectivity index is 0.000000193. The van der Waals surface area contributed by atoms with Gasteiger partial charge < -0.3 is 26.0 Å². The largest absolute Gasteiger partial charge is 0.488 e. The minimum Gasteiger partial charge on any atom is -0.423 e. The summed E-state index contributed by atoms with van der Waals surface area (Å²) in [6.07, 6.45) is -23.5. The summed E-state index contributed by atoms with van der Waals surface area (Å²) in [6, 6.07) is 14.1. The Bertz CT molecular complexity index is 4570. The Morgan fingerprint density at radius 2 is 0.887 bits per heavy atom. The molecule has 3 saturated carbocycles. The second kappa shape index (κ2) is 31.2. The van der Waals surface area contributed by atoms with Gasteiger partial charge in [-0.1, -0.05) is 56.8 Å². The molecule has 0 saturated heterocycles. The number of nitrogens with zero attached hydrogens (tertiary/aromatic N) is 11. The van der Waals surface area contributed by atoms with Crippen molar-refractivity contribution >= 4 is 81.0 Å². The highest BCUT2D eigenvalue weighted by atomic mass is 79.9. The predicted molar refractivity (Wildman–Crippen MR) is 325 cm³/mol. The number of aromatic amines is 1. The van der Waals surface area contributed by atoms with Crippen LogP contribution in [0.2, 0.25) is 15.1 Å². The molecule has 49 heteroatoms. The maximum Gasteiger partial charge on any atom is 0.488 e. The van der Waals surface area contributed by atoms with Gasteiger partial charge in [-0.25, -0.2) is 0 Å². The Labute approximate surface area is 600 Å². The van der Waals surface area contributed by atoms with Crippen molar-refractivity contribution in [3.05, 3.63) is 143 Å². The number of nitrogens with one attached hydrogen (secondary N) is 4. The average Bonchev–Trinajstić information content (AvgIpc) is 1.58. The first-order valence-corrected chi connectivity index (χ1v) is 30.8. The van der Waals surface area contributed by atoms with E-state index in [-0.39, 0.29) is 65.2 Å². The number of aryl methyl sites for hydroxylation is 3. The molecule has 3 aliphatic carbocycles. The molecular formula is C57H42BBrCl3F24N15O5. The van der Waals surface area contributed by atoms with Crippen molar-refractivity contribution in [3.63, 3.8) is 0 Å². The number of alkyl halides is 24. The summed E-state index contributed by atoms with van der Waals surface area (Å²) in [5.41, 5.74) is -17.7. The summed E-state index contributed by atoms with van der Waals surface area (Å²) in [5, 5.41) is 51.3. The van der Waals surface area contributed by atoms with Crippen LogP contribution < -0.4 is 21.4 Å². The van der Waals surface area contributed by atoms with Crippen LogP contribution in [0.25, 0.3) is 28.5 Å². The molecule has 8 aromatic rings. The second-order valence-electron chi connectivity index (χ2n) is 22.5. The van der Waals surface area contributed by atoms with Crippen LogP contribution in [0.3, 0.4) is 0 Å². The van der Waals surface area contributed by atoms with Crippen LogP contribution in [0.4, 0.5) is 105 Å². The number of amides is 3. The molecule has 0 spiro atoms. The Morgan fingerprint density at radius 1 is 0.519 bits per heavy atom. The zero-order valence-corrected chi connectivity index (χ0v) is 56.5. The Kier molecular flexibility index (Phi) is 24.8. The van der Waals surface area contributed by atoms with Gasteiger partial charge in [0.05, 0.1) is 49.8 Å². The van der Waals surface area contributed by atoms with Gasteiger partial charge in [0.1, 0.15) is 45.2 Å². The molecule has 3 aromatic carbocycles. The van der Waals surface area contributed by atoms with Gasteiger partial charge in [-0.15, -0.1) is 11.5 Å². The van der Waals surface area contributed by atoms with Crippen molar-refractivity contribution in [3.8, 4) is 40.8 Å². The highest BCUT2D eigenvalue weighted by Crippen LogP contribution is 2.53. The number of carbonyl (C=O) groups excluding carboxylic acids is 3. The summed E-state index contributed by atoms with van der Waals surface area (Å²) >= 11 is 21.1. The first-order valence-electron chi connectivity index (χ1n) is 28.9. The molecule has 0 radical (unpaired) electrons. The lowest BCUT2D eigenvalue weighted by atomic mass is 9.79. The van der Waals surface area contributed by atoms with E-state index in [1.54, 1.807) is 12.1 Å². The number of aromatic nitrogens is 12. The molecule has 3 fully saturated rings. The molecule has 0 unspecified atom stereocenters. The number of benzene rings is 3. The van der Waals surface area contributed by atoms with Gasteiger partial charge in [-0.2, -0.15) is 146 Å². The molecule has 3 amide bonds.